The Hall–Kier alpha value is -2.57. The van der Waals surface area contributed by atoms with Crippen LogP contribution in [0.1, 0.15) is 37.7 Å². The van der Waals surface area contributed by atoms with Crippen LogP contribution in [0.2, 0.25) is 10.0 Å². The van der Waals surface area contributed by atoms with E-state index in [0.29, 0.717) is 34.9 Å². The van der Waals surface area contributed by atoms with Crippen LogP contribution in [0, 0.1) is 0 Å². The predicted molar refractivity (Wildman–Crippen MR) is 136 cm³/mol. The second-order valence-electron chi connectivity index (χ2n) is 8.79. The largest absolute Gasteiger partial charge is 0.362 e. The Labute approximate surface area is 204 Å². The summed E-state index contributed by atoms with van der Waals surface area (Å²) in [6.45, 7) is 0. The minimum absolute atomic E-state index is 0.0750. The summed E-state index contributed by atoms with van der Waals surface area (Å²) in [4.78, 5) is 23.9. The van der Waals surface area contributed by atoms with Gasteiger partial charge in [0.1, 0.15) is 5.82 Å². The molecule has 0 bridgehead atoms. The zero-order valence-electron chi connectivity index (χ0n) is 18.9. The Morgan fingerprint density at radius 1 is 1.00 bits per heavy atom. The van der Waals surface area contributed by atoms with Gasteiger partial charge in [-0.2, -0.15) is 4.98 Å². The number of halogens is 2. The highest BCUT2D eigenvalue weighted by atomic mass is 35.5. The molecule has 0 atom stereocenters. The Bertz CT molecular complexity index is 1130. The third-order valence-electron chi connectivity index (χ3n) is 6.06. The van der Waals surface area contributed by atoms with Gasteiger partial charge in [0.05, 0.1) is 15.6 Å². The summed E-state index contributed by atoms with van der Waals surface area (Å²) in [5, 5.41) is 8.79. The third kappa shape index (κ3) is 6.06. The number of para-hydroxylation sites is 1. The average Bonchev–Trinajstić information content (AvgIpc) is 2.80. The number of hydrogen-bond donors (Lipinski definition) is 2. The normalized spacial score (nSPS) is 18.2. The first kappa shape index (κ1) is 23.6. The fraction of sp³-hybridized carbons (Fsp3) is 0.400. The van der Waals surface area contributed by atoms with Gasteiger partial charge >= 0.3 is 0 Å². The van der Waals surface area contributed by atoms with Crippen LogP contribution in [-0.4, -0.2) is 42.1 Å². The Morgan fingerprint density at radius 2 is 1.73 bits per heavy atom. The molecule has 0 unspecified atom stereocenters. The molecule has 2 N–H and O–H groups in total. The van der Waals surface area contributed by atoms with E-state index in [1.54, 1.807) is 6.07 Å². The molecule has 1 heterocycles. The number of hydrogen-bond acceptors (Lipinski definition) is 5. The molecule has 0 aliphatic heterocycles. The van der Waals surface area contributed by atoms with Crippen molar-refractivity contribution in [2.45, 2.75) is 50.6 Å². The lowest BCUT2D eigenvalue weighted by atomic mass is 9.91. The van der Waals surface area contributed by atoms with E-state index < -0.39 is 0 Å². The smallest absolute Gasteiger partial charge is 0.225 e. The number of fused-ring (bicyclic) bond motifs is 1. The summed E-state index contributed by atoms with van der Waals surface area (Å²) >= 11 is 12.0. The minimum Gasteiger partial charge on any atom is -0.362 e. The van der Waals surface area contributed by atoms with Gasteiger partial charge in [-0.05, 0) is 61.9 Å². The Balaban J connectivity index is 1.27. The molecule has 1 fully saturated rings. The molecule has 2 aromatic carbocycles. The second kappa shape index (κ2) is 10.6. The summed E-state index contributed by atoms with van der Waals surface area (Å²) < 4.78 is 0. The lowest BCUT2D eigenvalue weighted by Crippen LogP contribution is -2.40. The molecule has 6 nitrogen and oxygen atoms in total. The lowest BCUT2D eigenvalue weighted by molar-refractivity contribution is -0.122. The maximum absolute atomic E-state index is 12.4. The zero-order chi connectivity index (χ0) is 23.4. The van der Waals surface area contributed by atoms with Crippen LogP contribution in [0.25, 0.3) is 10.9 Å². The molecule has 0 saturated heterocycles. The van der Waals surface area contributed by atoms with Crippen LogP contribution in [0.5, 0.6) is 0 Å². The van der Waals surface area contributed by atoms with Gasteiger partial charge < -0.3 is 15.5 Å². The highest BCUT2D eigenvalue weighted by Crippen LogP contribution is 2.27. The summed E-state index contributed by atoms with van der Waals surface area (Å²) in [5.74, 6) is 1.64. The number of amides is 1. The number of aryl methyl sites for hydroxylation is 1. The molecule has 174 valence electrons. The van der Waals surface area contributed by atoms with Gasteiger partial charge in [-0.25, -0.2) is 4.98 Å². The molecule has 4 rings (SSSR count). The van der Waals surface area contributed by atoms with Crippen molar-refractivity contribution in [1.82, 2.24) is 15.3 Å². The van der Waals surface area contributed by atoms with Crippen molar-refractivity contribution >= 4 is 51.8 Å². The van der Waals surface area contributed by atoms with Gasteiger partial charge in [-0.3, -0.25) is 4.79 Å². The second-order valence-corrected chi connectivity index (χ2v) is 9.61. The zero-order valence-corrected chi connectivity index (χ0v) is 20.5. The molecule has 1 amide bonds. The van der Waals surface area contributed by atoms with Crippen molar-refractivity contribution in [3.8, 4) is 0 Å². The monoisotopic (exact) mass is 485 g/mol. The van der Waals surface area contributed by atoms with Gasteiger partial charge in [0.25, 0.3) is 0 Å². The summed E-state index contributed by atoms with van der Waals surface area (Å²) in [6, 6.07) is 14.1. The van der Waals surface area contributed by atoms with Crippen LogP contribution in [0.3, 0.4) is 0 Å². The topological polar surface area (TPSA) is 70.2 Å². The number of anilines is 2. The summed E-state index contributed by atoms with van der Waals surface area (Å²) in [7, 11) is 3.99. The van der Waals surface area contributed by atoms with Crippen LogP contribution >= 0.6 is 23.2 Å². The fourth-order valence-corrected chi connectivity index (χ4v) is 4.60. The Morgan fingerprint density at radius 3 is 2.45 bits per heavy atom. The van der Waals surface area contributed by atoms with Gasteiger partial charge in [-0.1, -0.05) is 41.4 Å². The van der Waals surface area contributed by atoms with Crippen LogP contribution in [0.4, 0.5) is 11.8 Å². The van der Waals surface area contributed by atoms with Crippen LogP contribution in [0.15, 0.2) is 42.5 Å². The number of aromatic nitrogens is 2. The van der Waals surface area contributed by atoms with Crippen molar-refractivity contribution in [3.05, 3.63) is 58.1 Å². The molecular formula is C25H29Cl2N5O. The van der Waals surface area contributed by atoms with E-state index in [2.05, 4.69) is 10.6 Å². The molecule has 33 heavy (non-hydrogen) atoms. The minimum atomic E-state index is 0.0750. The lowest BCUT2D eigenvalue weighted by Gasteiger charge is -2.30. The van der Waals surface area contributed by atoms with E-state index in [4.69, 9.17) is 33.2 Å². The van der Waals surface area contributed by atoms with E-state index in [-0.39, 0.29) is 11.9 Å². The molecule has 1 aliphatic carbocycles. The highest BCUT2D eigenvalue weighted by molar-refractivity contribution is 6.42. The van der Waals surface area contributed by atoms with E-state index >= 15 is 0 Å². The van der Waals surface area contributed by atoms with Crippen LogP contribution in [-0.2, 0) is 11.2 Å². The van der Waals surface area contributed by atoms with Crippen molar-refractivity contribution in [2.24, 2.45) is 0 Å². The van der Waals surface area contributed by atoms with Gasteiger partial charge in [0.15, 0.2) is 0 Å². The van der Waals surface area contributed by atoms with Crippen molar-refractivity contribution in [3.63, 3.8) is 0 Å². The molecule has 0 radical (unpaired) electrons. The van der Waals surface area contributed by atoms with Crippen molar-refractivity contribution in [2.75, 3.05) is 24.3 Å². The van der Waals surface area contributed by atoms with Gasteiger partial charge in [-0.15, -0.1) is 0 Å². The molecule has 1 aromatic heterocycles. The number of nitrogens with one attached hydrogen (secondary N) is 2. The third-order valence-corrected chi connectivity index (χ3v) is 6.80. The first-order valence-electron chi connectivity index (χ1n) is 11.3. The molecule has 1 saturated carbocycles. The summed E-state index contributed by atoms with van der Waals surface area (Å²) in [5.41, 5.74) is 1.95. The number of carbonyl (C=O) groups excluding carboxylic acids is 1. The van der Waals surface area contributed by atoms with Crippen molar-refractivity contribution < 1.29 is 4.79 Å². The molecule has 1 aliphatic rings. The van der Waals surface area contributed by atoms with Gasteiger partial charge in [0.2, 0.25) is 11.9 Å². The Kier molecular flexibility index (Phi) is 7.56. The quantitative estimate of drug-likeness (QED) is 0.463. The van der Waals surface area contributed by atoms with Crippen molar-refractivity contribution in [1.29, 1.82) is 0 Å². The molecule has 3 aromatic rings. The van der Waals surface area contributed by atoms with Gasteiger partial charge in [0, 0.05) is 38.0 Å². The maximum atomic E-state index is 12.4. The number of carbonyl (C=O) groups is 1. The molecule has 0 spiro atoms. The average molecular weight is 486 g/mol. The first-order chi connectivity index (χ1) is 15.9. The molecular weight excluding hydrogens is 457 g/mol. The first-order valence-corrected chi connectivity index (χ1v) is 12.1. The SMILES string of the molecule is CN(C)c1nc(NC2CCC(NC(=O)CCc3ccc(Cl)c(Cl)c3)CC2)nc2ccccc12. The molecule has 8 heteroatoms. The fourth-order valence-electron chi connectivity index (χ4n) is 4.28. The predicted octanol–water partition coefficient (Wildman–Crippen LogP) is 5.47. The van der Waals surface area contributed by atoms with E-state index in [0.717, 1.165) is 48.0 Å². The number of nitrogens with zero attached hydrogens (tertiary/aromatic N) is 3. The number of rotatable bonds is 7. The summed E-state index contributed by atoms with van der Waals surface area (Å²) in [6.07, 6.45) is 4.88. The standard InChI is InChI=1S/C25H29Cl2N5O/c1-32(2)24-19-5-3-4-6-22(19)30-25(31-24)29-18-11-9-17(10-12-18)28-23(33)14-8-16-7-13-20(26)21(27)15-16/h3-7,13,15,17-18H,8-12,14H2,1-2H3,(H,28,33)(H,29,30,31). The maximum Gasteiger partial charge on any atom is 0.225 e. The number of benzene rings is 2. The van der Waals surface area contributed by atoms with E-state index in [9.17, 15) is 4.79 Å². The van der Waals surface area contributed by atoms with E-state index in [1.165, 1.54) is 0 Å². The van der Waals surface area contributed by atoms with Crippen LogP contribution < -0.4 is 15.5 Å². The highest BCUT2D eigenvalue weighted by Gasteiger charge is 2.23. The van der Waals surface area contributed by atoms with E-state index in [1.807, 2.05) is 55.4 Å².